The molecule has 0 spiro atoms. The van der Waals surface area contributed by atoms with E-state index >= 15 is 0 Å². The average Bonchev–Trinajstić information content (AvgIpc) is 1.61. The third-order valence-electron chi connectivity index (χ3n) is 0.460. The summed E-state index contributed by atoms with van der Waals surface area (Å²) in [7, 11) is 0. The van der Waals surface area contributed by atoms with Crippen molar-refractivity contribution in [3.8, 4) is 3.63 Å². The van der Waals surface area contributed by atoms with Gasteiger partial charge in [0.15, 0.2) is 0 Å². The van der Waals surface area contributed by atoms with Gasteiger partial charge in [0.1, 0.15) is 0 Å². The van der Waals surface area contributed by atoms with Crippen molar-refractivity contribution in [3.63, 3.8) is 0 Å². The summed E-state index contributed by atoms with van der Waals surface area (Å²) in [4.78, 5) is 0. The van der Waals surface area contributed by atoms with Crippen molar-refractivity contribution in [1.29, 1.82) is 5.26 Å². The van der Waals surface area contributed by atoms with Crippen molar-refractivity contribution in [2.75, 3.05) is 0 Å². The van der Waals surface area contributed by atoms with Gasteiger partial charge in [-0.05, 0) is 0 Å². The van der Waals surface area contributed by atoms with Gasteiger partial charge in [-0.1, -0.05) is 0 Å². The number of allylic oxidation sites excluding steroid dienone is 1. The summed E-state index contributed by atoms with van der Waals surface area (Å²) in [5.74, 6) is 0. The van der Waals surface area contributed by atoms with E-state index in [1.165, 1.54) is 0 Å². The predicted octanol–water partition coefficient (Wildman–Crippen LogP) is 1.15. The quantitative estimate of drug-likeness (QED) is 0.354. The number of nitrogens with zero attached hydrogens (tertiary/aromatic N) is 1. The first kappa shape index (κ1) is 6.15. The minimum absolute atomic E-state index is 0.898. The molecule has 0 rings (SSSR count). The van der Waals surface area contributed by atoms with Crippen LogP contribution in [0.2, 0.25) is 3.98 Å². The van der Waals surface area contributed by atoms with Gasteiger partial charge in [-0.15, -0.1) is 0 Å². The number of hydrogen-bond donors (Lipinski definition) is 0. The van der Waals surface area contributed by atoms with Crippen LogP contribution >= 0.6 is 0 Å². The van der Waals surface area contributed by atoms with Gasteiger partial charge in [0.25, 0.3) is 0 Å². The number of rotatable bonds is 2. The van der Waals surface area contributed by atoms with E-state index in [1.54, 1.807) is 0 Å². The van der Waals surface area contributed by atoms with Crippen LogP contribution in [0.15, 0.2) is 12.7 Å². The monoisotopic (exact) mass is 181 g/mol. The van der Waals surface area contributed by atoms with Gasteiger partial charge in [0.2, 0.25) is 0 Å². The first-order valence-electron chi connectivity index (χ1n) is 1.89. The fraction of sp³-hybridized carbons (Fsp3) is 0.250. The van der Waals surface area contributed by atoms with E-state index in [1.807, 2.05) is 6.08 Å². The van der Waals surface area contributed by atoms with Crippen molar-refractivity contribution in [1.82, 2.24) is 0 Å². The van der Waals surface area contributed by atoms with Crippen molar-refractivity contribution >= 4 is 0 Å². The second-order valence-electron chi connectivity index (χ2n) is 0.985. The van der Waals surface area contributed by atoms with E-state index in [0.29, 0.717) is 0 Å². The summed E-state index contributed by atoms with van der Waals surface area (Å²) < 4.78 is 3.23. The van der Waals surface area contributed by atoms with Crippen LogP contribution in [0.3, 0.4) is 0 Å². The molecule has 28 valence electrons. The van der Waals surface area contributed by atoms with E-state index in [9.17, 15) is 0 Å². The molecule has 0 unspecified atom stereocenters. The molecule has 0 aromatic carbocycles. The fourth-order valence-corrected chi connectivity index (χ4v) is 1.12. The molecule has 0 radical (unpaired) electrons. The second-order valence-corrected chi connectivity index (χ2v) is 4.96. The Morgan fingerprint density at radius 1 is 2.00 bits per heavy atom. The molecule has 0 amide bonds. The maximum absolute atomic E-state index is 7.99. The molecule has 1 nitrogen and oxygen atoms in total. The summed E-state index contributed by atoms with van der Waals surface area (Å²) in [5, 5.41) is 7.99. The topological polar surface area (TPSA) is 23.8 Å². The van der Waals surface area contributed by atoms with E-state index in [0.717, 1.165) is 3.98 Å². The summed E-state index contributed by atoms with van der Waals surface area (Å²) in [6.45, 7) is 3.50. The molecule has 0 aliphatic rings. The summed E-state index contributed by atoms with van der Waals surface area (Å²) in [6, 6.07) is 0. The average molecular weight is 180 g/mol. The maximum atomic E-state index is 7.99. The van der Waals surface area contributed by atoms with Crippen LogP contribution in [-0.4, -0.2) is 0 Å². The molecule has 0 atom stereocenters. The Morgan fingerprint density at radius 3 is 2.83 bits per heavy atom. The van der Waals surface area contributed by atoms with Crippen LogP contribution in [-0.2, 0) is 24.2 Å². The van der Waals surface area contributed by atoms with E-state index in [4.69, 9.17) is 5.26 Å². The van der Waals surface area contributed by atoms with Crippen LogP contribution in [0.4, 0.5) is 0 Å². The third kappa shape index (κ3) is 4.15. The van der Waals surface area contributed by atoms with Gasteiger partial charge in [-0.25, -0.2) is 0 Å². The Kier molecular flexibility index (Phi) is 5.28. The minimum atomic E-state index is -0.898. The molecule has 0 saturated carbocycles. The van der Waals surface area contributed by atoms with Gasteiger partial charge >= 0.3 is 49.8 Å². The molecule has 0 aromatic rings. The molecule has 0 heterocycles. The normalized spacial score (nSPS) is 5.17. The molecule has 0 aliphatic carbocycles. The number of hydrogen-bond acceptors (Lipinski definition) is 1. The SMILES string of the molecule is C=C[CH2][Cd][C]#N. The Labute approximate surface area is 49.9 Å². The molecule has 0 bridgehead atoms. The van der Waals surface area contributed by atoms with Crippen molar-refractivity contribution in [2.45, 2.75) is 3.98 Å². The van der Waals surface area contributed by atoms with Gasteiger partial charge < -0.3 is 0 Å². The summed E-state index contributed by atoms with van der Waals surface area (Å²) in [6.07, 6.45) is 1.83. The van der Waals surface area contributed by atoms with Gasteiger partial charge in [0.05, 0.1) is 0 Å². The van der Waals surface area contributed by atoms with Gasteiger partial charge in [-0.2, -0.15) is 0 Å². The Hall–Kier alpha value is 0.152. The van der Waals surface area contributed by atoms with E-state index < -0.39 is 24.2 Å². The molecular weight excluding hydrogens is 174 g/mol. The van der Waals surface area contributed by atoms with Crippen LogP contribution < -0.4 is 0 Å². The van der Waals surface area contributed by atoms with E-state index in [-0.39, 0.29) is 0 Å². The van der Waals surface area contributed by atoms with E-state index in [2.05, 4.69) is 10.2 Å². The molecule has 0 saturated heterocycles. The van der Waals surface area contributed by atoms with Gasteiger partial charge in [0, 0.05) is 0 Å². The van der Waals surface area contributed by atoms with Crippen LogP contribution in [0.1, 0.15) is 0 Å². The standard InChI is InChI=1S/C3H5.CN.Cd/c1-3-2;1-2;/h3H,1-2H2;;. The van der Waals surface area contributed by atoms with Crippen molar-refractivity contribution < 1.29 is 24.2 Å². The van der Waals surface area contributed by atoms with Crippen molar-refractivity contribution in [3.05, 3.63) is 12.7 Å². The Bertz CT molecular complexity index is 72.1. The third-order valence-corrected chi connectivity index (χ3v) is 3.09. The Morgan fingerprint density at radius 2 is 2.67 bits per heavy atom. The first-order chi connectivity index (χ1) is 2.91. The molecule has 0 N–H and O–H groups in total. The molecular formula is C4H5CdN. The zero-order valence-corrected chi connectivity index (χ0v) is 7.68. The van der Waals surface area contributed by atoms with Crippen LogP contribution in [0, 0.1) is 8.89 Å². The molecule has 0 aliphatic heterocycles. The summed E-state index contributed by atoms with van der Waals surface area (Å²) in [5.41, 5.74) is 0. The zero-order valence-electron chi connectivity index (χ0n) is 3.65. The first-order valence-corrected chi connectivity index (χ1v) is 6.77. The molecule has 2 heteroatoms. The predicted molar refractivity (Wildman–Crippen MR) is 20.6 cm³/mol. The van der Waals surface area contributed by atoms with Gasteiger partial charge in [-0.3, -0.25) is 0 Å². The molecule has 0 fully saturated rings. The Balaban J connectivity index is 2.72. The van der Waals surface area contributed by atoms with Crippen LogP contribution in [0.25, 0.3) is 0 Å². The van der Waals surface area contributed by atoms with Crippen molar-refractivity contribution in [2.24, 2.45) is 0 Å². The second kappa shape index (κ2) is 5.15. The summed E-state index contributed by atoms with van der Waals surface area (Å²) >= 11 is -0.898. The molecule has 6 heavy (non-hydrogen) atoms. The zero-order chi connectivity index (χ0) is 4.83. The fourth-order valence-electron chi connectivity index (χ4n) is 0.167. The van der Waals surface area contributed by atoms with Crippen LogP contribution in [0.5, 0.6) is 0 Å². The number of nitriles is 1. The molecule has 0 aromatic heterocycles.